The molecular formula is C10H17NO. The number of aliphatic hydroxyl groups is 1. The fourth-order valence-electron chi connectivity index (χ4n) is 1.51. The van der Waals surface area contributed by atoms with Gasteiger partial charge < -0.3 is 10.1 Å². The number of nitrogens with one attached hydrogen (secondary N) is 1. The lowest BCUT2D eigenvalue weighted by Gasteiger charge is -2.21. The monoisotopic (exact) mass is 167 g/mol. The molecule has 1 rings (SSSR count). The highest BCUT2D eigenvalue weighted by Gasteiger charge is 2.22. The molecular weight excluding hydrogens is 150 g/mol. The van der Waals surface area contributed by atoms with Crippen LogP contribution >= 0.6 is 0 Å². The Morgan fingerprint density at radius 2 is 2.00 bits per heavy atom. The van der Waals surface area contributed by atoms with Crippen LogP contribution in [-0.2, 0) is 5.41 Å². The first-order valence-electron chi connectivity index (χ1n) is 4.25. The van der Waals surface area contributed by atoms with E-state index in [1.807, 2.05) is 27.7 Å². The van der Waals surface area contributed by atoms with Gasteiger partial charge in [-0.25, -0.2) is 0 Å². The SMILES string of the molecule is Cc1cc(C(C)(C)CO)c(C)[nH]1. The van der Waals surface area contributed by atoms with Gasteiger partial charge in [0.15, 0.2) is 0 Å². The Morgan fingerprint density at radius 3 is 2.33 bits per heavy atom. The summed E-state index contributed by atoms with van der Waals surface area (Å²) < 4.78 is 0. The predicted molar refractivity (Wildman–Crippen MR) is 50.4 cm³/mol. The first kappa shape index (κ1) is 9.33. The van der Waals surface area contributed by atoms with Crippen molar-refractivity contribution in [2.75, 3.05) is 6.61 Å². The van der Waals surface area contributed by atoms with E-state index >= 15 is 0 Å². The molecule has 0 atom stereocenters. The van der Waals surface area contributed by atoms with Crippen molar-refractivity contribution in [3.63, 3.8) is 0 Å². The third-order valence-corrected chi connectivity index (χ3v) is 2.27. The van der Waals surface area contributed by atoms with Gasteiger partial charge in [-0.1, -0.05) is 13.8 Å². The molecule has 2 heteroatoms. The van der Waals surface area contributed by atoms with Crippen LogP contribution in [0.4, 0.5) is 0 Å². The Kier molecular flexibility index (Phi) is 2.29. The van der Waals surface area contributed by atoms with Crippen molar-refractivity contribution in [1.82, 2.24) is 4.98 Å². The fraction of sp³-hybridized carbons (Fsp3) is 0.600. The highest BCUT2D eigenvalue weighted by atomic mass is 16.3. The molecule has 0 aliphatic heterocycles. The Morgan fingerprint density at radius 1 is 1.42 bits per heavy atom. The molecule has 2 N–H and O–H groups in total. The number of hydrogen-bond donors (Lipinski definition) is 2. The lowest BCUT2D eigenvalue weighted by molar-refractivity contribution is 0.218. The quantitative estimate of drug-likeness (QED) is 0.693. The molecule has 1 aromatic rings. The second-order valence-electron chi connectivity index (χ2n) is 4.03. The molecule has 2 nitrogen and oxygen atoms in total. The molecule has 0 amide bonds. The molecule has 0 spiro atoms. The van der Waals surface area contributed by atoms with Gasteiger partial charge in [0.2, 0.25) is 0 Å². The van der Waals surface area contributed by atoms with Crippen molar-refractivity contribution in [3.05, 3.63) is 23.0 Å². The highest BCUT2D eigenvalue weighted by molar-refractivity contribution is 5.31. The minimum absolute atomic E-state index is 0.130. The van der Waals surface area contributed by atoms with Gasteiger partial charge in [-0.2, -0.15) is 0 Å². The maximum Gasteiger partial charge on any atom is 0.0523 e. The van der Waals surface area contributed by atoms with Gasteiger partial charge in [0, 0.05) is 16.8 Å². The van der Waals surface area contributed by atoms with Crippen LogP contribution in [0.1, 0.15) is 30.8 Å². The van der Waals surface area contributed by atoms with Crippen LogP contribution in [-0.4, -0.2) is 16.7 Å². The van der Waals surface area contributed by atoms with Gasteiger partial charge in [0.1, 0.15) is 0 Å². The van der Waals surface area contributed by atoms with E-state index < -0.39 is 0 Å². The van der Waals surface area contributed by atoms with Crippen LogP contribution in [0.5, 0.6) is 0 Å². The van der Waals surface area contributed by atoms with E-state index in [1.54, 1.807) is 0 Å². The summed E-state index contributed by atoms with van der Waals surface area (Å²) in [4.78, 5) is 3.24. The molecule has 1 heterocycles. The van der Waals surface area contributed by atoms with Gasteiger partial charge in [-0.05, 0) is 25.5 Å². The average molecular weight is 167 g/mol. The first-order chi connectivity index (χ1) is 5.47. The van der Waals surface area contributed by atoms with Gasteiger partial charge >= 0.3 is 0 Å². The number of aliphatic hydroxyl groups excluding tert-OH is 1. The van der Waals surface area contributed by atoms with Gasteiger partial charge in [0.25, 0.3) is 0 Å². The summed E-state index contributed by atoms with van der Waals surface area (Å²) >= 11 is 0. The van der Waals surface area contributed by atoms with Crippen LogP contribution in [0.15, 0.2) is 6.07 Å². The summed E-state index contributed by atoms with van der Waals surface area (Å²) in [6.07, 6.45) is 0. The van der Waals surface area contributed by atoms with Gasteiger partial charge in [-0.3, -0.25) is 0 Å². The fourth-order valence-corrected chi connectivity index (χ4v) is 1.51. The number of hydrogen-bond acceptors (Lipinski definition) is 1. The molecule has 0 aliphatic carbocycles. The standard InChI is InChI=1S/C10H17NO/c1-7-5-9(8(2)11-7)10(3,4)6-12/h5,11-12H,6H2,1-4H3. The van der Waals surface area contributed by atoms with E-state index in [2.05, 4.69) is 11.1 Å². The maximum atomic E-state index is 9.17. The predicted octanol–water partition coefficient (Wildman–Crippen LogP) is 1.90. The zero-order chi connectivity index (χ0) is 9.35. The van der Waals surface area contributed by atoms with Crippen LogP contribution < -0.4 is 0 Å². The Labute approximate surface area is 73.6 Å². The van der Waals surface area contributed by atoms with Crippen molar-refractivity contribution in [3.8, 4) is 0 Å². The molecule has 1 aromatic heterocycles. The number of H-pyrrole nitrogens is 1. The van der Waals surface area contributed by atoms with Gasteiger partial charge in [-0.15, -0.1) is 0 Å². The summed E-state index contributed by atoms with van der Waals surface area (Å²) in [5, 5.41) is 9.17. The Bertz CT molecular complexity index is 273. The van der Waals surface area contributed by atoms with Gasteiger partial charge in [0.05, 0.1) is 6.61 Å². The molecule has 68 valence electrons. The molecule has 0 bridgehead atoms. The molecule has 0 aliphatic rings. The normalized spacial score (nSPS) is 12.1. The molecule has 12 heavy (non-hydrogen) atoms. The second-order valence-corrected chi connectivity index (χ2v) is 4.03. The minimum atomic E-state index is -0.130. The number of rotatable bonds is 2. The summed E-state index contributed by atoms with van der Waals surface area (Å²) in [5.41, 5.74) is 3.40. The molecule has 0 saturated carbocycles. The van der Waals surface area contributed by atoms with Crippen LogP contribution in [0.2, 0.25) is 0 Å². The summed E-state index contributed by atoms with van der Waals surface area (Å²) in [6.45, 7) is 8.35. The van der Waals surface area contributed by atoms with E-state index in [4.69, 9.17) is 5.11 Å². The van der Waals surface area contributed by atoms with E-state index in [1.165, 1.54) is 5.56 Å². The van der Waals surface area contributed by atoms with Crippen molar-refractivity contribution in [1.29, 1.82) is 0 Å². The van der Waals surface area contributed by atoms with E-state index in [0.717, 1.165) is 11.4 Å². The highest BCUT2D eigenvalue weighted by Crippen LogP contribution is 2.26. The Balaban J connectivity index is 3.09. The largest absolute Gasteiger partial charge is 0.395 e. The molecule has 0 fully saturated rings. The third-order valence-electron chi connectivity index (χ3n) is 2.27. The molecule has 0 aromatic carbocycles. The second kappa shape index (κ2) is 2.94. The number of aromatic amines is 1. The minimum Gasteiger partial charge on any atom is -0.395 e. The zero-order valence-electron chi connectivity index (χ0n) is 8.23. The molecule has 0 radical (unpaired) electrons. The van der Waals surface area contributed by atoms with Crippen LogP contribution in [0, 0.1) is 13.8 Å². The zero-order valence-corrected chi connectivity index (χ0v) is 8.23. The average Bonchev–Trinajstić information content (AvgIpc) is 2.31. The smallest absolute Gasteiger partial charge is 0.0523 e. The van der Waals surface area contributed by atoms with Crippen molar-refractivity contribution in [2.24, 2.45) is 0 Å². The summed E-state index contributed by atoms with van der Waals surface area (Å²) in [7, 11) is 0. The summed E-state index contributed by atoms with van der Waals surface area (Å²) in [6, 6.07) is 2.10. The van der Waals surface area contributed by atoms with Crippen molar-refractivity contribution in [2.45, 2.75) is 33.1 Å². The number of aromatic nitrogens is 1. The van der Waals surface area contributed by atoms with E-state index in [9.17, 15) is 0 Å². The van der Waals surface area contributed by atoms with E-state index in [0.29, 0.717) is 0 Å². The first-order valence-corrected chi connectivity index (χ1v) is 4.25. The summed E-state index contributed by atoms with van der Waals surface area (Å²) in [5.74, 6) is 0. The molecule has 0 unspecified atom stereocenters. The molecule has 0 saturated heterocycles. The third kappa shape index (κ3) is 1.53. The maximum absolute atomic E-state index is 9.17. The van der Waals surface area contributed by atoms with E-state index in [-0.39, 0.29) is 12.0 Å². The van der Waals surface area contributed by atoms with Crippen molar-refractivity contribution >= 4 is 0 Å². The van der Waals surface area contributed by atoms with Crippen LogP contribution in [0.3, 0.4) is 0 Å². The van der Waals surface area contributed by atoms with Crippen LogP contribution in [0.25, 0.3) is 0 Å². The Hall–Kier alpha value is -0.760. The lowest BCUT2D eigenvalue weighted by atomic mass is 9.86. The lowest BCUT2D eigenvalue weighted by Crippen LogP contribution is -2.22. The number of aryl methyl sites for hydroxylation is 2. The van der Waals surface area contributed by atoms with Crippen molar-refractivity contribution < 1.29 is 5.11 Å². The topological polar surface area (TPSA) is 36.0 Å².